The summed E-state index contributed by atoms with van der Waals surface area (Å²) in [5, 5.41) is 2.97. The quantitative estimate of drug-likeness (QED) is 0.757. The molecule has 0 spiro atoms. The molecule has 3 fully saturated rings. The summed E-state index contributed by atoms with van der Waals surface area (Å²) in [4.78, 5) is 13.4. The number of sulfonamides is 1. The smallest absolute Gasteiger partial charge is 0.243 e. The second-order valence-corrected chi connectivity index (χ2v) is 10.3. The minimum absolute atomic E-state index is 0.0841. The maximum atomic E-state index is 13.2. The first-order chi connectivity index (χ1) is 14.3. The molecule has 1 aliphatic carbocycles. The summed E-state index contributed by atoms with van der Waals surface area (Å²) in [6.07, 6.45) is 2.50. The van der Waals surface area contributed by atoms with Crippen molar-refractivity contribution in [3.8, 4) is 5.75 Å². The zero-order valence-electron chi connectivity index (χ0n) is 17.3. The molecule has 2 bridgehead atoms. The number of hydrogen-bond donors (Lipinski definition) is 1. The van der Waals surface area contributed by atoms with E-state index >= 15 is 0 Å². The lowest BCUT2D eigenvalue weighted by atomic mass is 9.73. The Kier molecular flexibility index (Phi) is 5.84. The van der Waals surface area contributed by atoms with E-state index in [0.29, 0.717) is 12.2 Å². The van der Waals surface area contributed by atoms with Crippen molar-refractivity contribution in [3.05, 3.63) is 54.6 Å². The lowest BCUT2D eigenvalue weighted by molar-refractivity contribution is -0.125. The van der Waals surface area contributed by atoms with Crippen LogP contribution in [0, 0.1) is 11.8 Å². The summed E-state index contributed by atoms with van der Waals surface area (Å²) < 4.78 is 33.6. The third-order valence-electron chi connectivity index (χ3n) is 5.91. The zero-order chi connectivity index (χ0) is 21.3. The minimum atomic E-state index is -3.61. The van der Waals surface area contributed by atoms with E-state index in [4.69, 9.17) is 4.74 Å². The zero-order valence-corrected chi connectivity index (χ0v) is 18.1. The number of fused-ring (bicyclic) bond motifs is 3. The SMILES string of the molecule is CC(C)Oc1ccc(NC(=O)[C@@H]2C[C@@H]3CC[C@@H]2N(S(=O)(=O)c2ccccc2)C3)cc1. The van der Waals surface area contributed by atoms with Crippen LogP contribution in [0.4, 0.5) is 5.69 Å². The van der Waals surface area contributed by atoms with Crippen molar-refractivity contribution in [2.45, 2.75) is 50.2 Å². The minimum Gasteiger partial charge on any atom is -0.491 e. The predicted octanol–water partition coefficient (Wildman–Crippen LogP) is 3.90. The van der Waals surface area contributed by atoms with E-state index in [1.807, 2.05) is 38.1 Å². The van der Waals surface area contributed by atoms with Gasteiger partial charge in [-0.15, -0.1) is 0 Å². The van der Waals surface area contributed by atoms with Crippen molar-refractivity contribution < 1.29 is 17.9 Å². The molecule has 3 aliphatic rings. The van der Waals surface area contributed by atoms with Gasteiger partial charge in [0.25, 0.3) is 0 Å². The molecular weight excluding hydrogens is 400 g/mol. The average Bonchev–Trinajstić information content (AvgIpc) is 2.75. The number of rotatable bonds is 6. The van der Waals surface area contributed by atoms with Crippen LogP contribution in [0.25, 0.3) is 0 Å². The lowest BCUT2D eigenvalue weighted by Crippen LogP contribution is -2.57. The molecule has 2 aliphatic heterocycles. The standard InChI is InChI=1S/C23H28N2O4S/c1-16(2)29-19-11-9-18(10-12-19)24-23(26)21-14-17-8-13-22(21)25(15-17)30(27,28)20-6-4-3-5-7-20/h3-7,9-12,16-17,21-22H,8,13-15H2,1-2H3,(H,24,26)/t17-,21+,22-/m0/s1. The van der Waals surface area contributed by atoms with E-state index in [9.17, 15) is 13.2 Å². The number of benzene rings is 2. The maximum Gasteiger partial charge on any atom is 0.243 e. The van der Waals surface area contributed by atoms with Crippen LogP contribution in [-0.4, -0.2) is 37.3 Å². The highest BCUT2D eigenvalue weighted by Crippen LogP contribution is 2.42. The fraction of sp³-hybridized carbons (Fsp3) is 0.435. The van der Waals surface area contributed by atoms with Gasteiger partial charge in [-0.25, -0.2) is 8.42 Å². The van der Waals surface area contributed by atoms with Crippen LogP contribution in [0.1, 0.15) is 33.1 Å². The van der Waals surface area contributed by atoms with Gasteiger partial charge in [0.2, 0.25) is 15.9 Å². The average molecular weight is 429 g/mol. The molecule has 0 radical (unpaired) electrons. The fourth-order valence-electron chi connectivity index (χ4n) is 4.55. The first kappa shape index (κ1) is 20.9. The topological polar surface area (TPSA) is 75.7 Å². The fourth-order valence-corrected chi connectivity index (χ4v) is 6.34. The number of piperidine rings is 2. The molecule has 2 saturated heterocycles. The second-order valence-electron chi connectivity index (χ2n) is 8.42. The van der Waals surface area contributed by atoms with Gasteiger partial charge in [0.1, 0.15) is 5.75 Å². The van der Waals surface area contributed by atoms with Crippen molar-refractivity contribution in [2.24, 2.45) is 11.8 Å². The van der Waals surface area contributed by atoms with Gasteiger partial charge in [0.15, 0.2) is 0 Å². The Balaban J connectivity index is 1.50. The van der Waals surface area contributed by atoms with Gasteiger partial charge in [0.05, 0.1) is 16.9 Å². The Labute approximate surface area is 178 Å². The summed E-state index contributed by atoms with van der Waals surface area (Å²) in [5.74, 6) is 0.503. The third-order valence-corrected chi connectivity index (χ3v) is 7.82. The molecule has 3 atom stereocenters. The second kappa shape index (κ2) is 8.40. The number of ether oxygens (including phenoxy) is 1. The summed E-state index contributed by atoms with van der Waals surface area (Å²) in [7, 11) is -3.61. The molecule has 30 heavy (non-hydrogen) atoms. The van der Waals surface area contributed by atoms with Gasteiger partial charge in [-0.1, -0.05) is 18.2 Å². The van der Waals surface area contributed by atoms with Crippen LogP contribution in [0.15, 0.2) is 59.5 Å². The normalized spacial score (nSPS) is 24.0. The highest BCUT2D eigenvalue weighted by Gasteiger charge is 2.48. The van der Waals surface area contributed by atoms with Crippen LogP contribution in [0.5, 0.6) is 5.75 Å². The predicted molar refractivity (Wildman–Crippen MR) is 116 cm³/mol. The number of hydrogen-bond acceptors (Lipinski definition) is 4. The van der Waals surface area contributed by atoms with Crippen molar-refractivity contribution in [2.75, 3.05) is 11.9 Å². The van der Waals surface area contributed by atoms with Crippen molar-refractivity contribution in [3.63, 3.8) is 0 Å². The van der Waals surface area contributed by atoms with E-state index in [1.54, 1.807) is 34.6 Å². The first-order valence-electron chi connectivity index (χ1n) is 10.5. The number of carbonyl (C=O) groups excluding carboxylic acids is 1. The monoisotopic (exact) mass is 428 g/mol. The lowest BCUT2D eigenvalue weighted by Gasteiger charge is -2.48. The Hall–Kier alpha value is -2.38. The number of carbonyl (C=O) groups is 1. The molecule has 6 nitrogen and oxygen atoms in total. The van der Waals surface area contributed by atoms with Crippen LogP contribution in [0.3, 0.4) is 0 Å². The first-order valence-corrected chi connectivity index (χ1v) is 11.9. The number of amides is 1. The van der Waals surface area contributed by atoms with Crippen molar-refractivity contribution in [1.82, 2.24) is 4.31 Å². The molecule has 1 saturated carbocycles. The van der Waals surface area contributed by atoms with Crippen LogP contribution < -0.4 is 10.1 Å². The third kappa shape index (κ3) is 4.23. The van der Waals surface area contributed by atoms with Crippen molar-refractivity contribution in [1.29, 1.82) is 0 Å². The van der Waals surface area contributed by atoms with Gasteiger partial charge in [0, 0.05) is 18.3 Å². The van der Waals surface area contributed by atoms with E-state index in [1.165, 1.54) is 0 Å². The molecule has 2 heterocycles. The summed E-state index contributed by atoms with van der Waals surface area (Å²) in [5.41, 5.74) is 0.690. The number of anilines is 1. The van der Waals surface area contributed by atoms with E-state index < -0.39 is 10.0 Å². The van der Waals surface area contributed by atoms with Crippen LogP contribution >= 0.6 is 0 Å². The molecule has 160 valence electrons. The Morgan fingerprint density at radius 1 is 1.07 bits per heavy atom. The molecule has 5 rings (SSSR count). The highest BCUT2D eigenvalue weighted by atomic mass is 32.2. The van der Waals surface area contributed by atoms with Gasteiger partial charge in [-0.05, 0) is 75.4 Å². The molecule has 0 aromatic heterocycles. The van der Waals surface area contributed by atoms with E-state index in [0.717, 1.165) is 25.0 Å². The maximum absolute atomic E-state index is 13.2. The molecule has 2 aromatic carbocycles. The van der Waals surface area contributed by atoms with Gasteiger partial charge < -0.3 is 10.1 Å². The highest BCUT2D eigenvalue weighted by molar-refractivity contribution is 7.89. The Morgan fingerprint density at radius 2 is 1.77 bits per heavy atom. The summed E-state index contributed by atoms with van der Waals surface area (Å²) in [6.45, 7) is 4.42. The van der Waals surface area contributed by atoms with Gasteiger partial charge in [-0.2, -0.15) is 4.31 Å². The molecule has 7 heteroatoms. The van der Waals surface area contributed by atoms with E-state index in [-0.39, 0.29) is 34.8 Å². The van der Waals surface area contributed by atoms with Crippen LogP contribution in [0.2, 0.25) is 0 Å². The van der Waals surface area contributed by atoms with Crippen LogP contribution in [-0.2, 0) is 14.8 Å². The summed E-state index contributed by atoms with van der Waals surface area (Å²) in [6, 6.07) is 15.5. The molecule has 2 aromatic rings. The molecule has 1 N–H and O–H groups in total. The molecule has 0 unspecified atom stereocenters. The molecular formula is C23H28N2O4S. The Bertz CT molecular complexity index is 990. The number of nitrogens with zero attached hydrogens (tertiary/aromatic N) is 1. The Morgan fingerprint density at radius 3 is 2.40 bits per heavy atom. The largest absolute Gasteiger partial charge is 0.491 e. The number of nitrogens with one attached hydrogen (secondary N) is 1. The van der Waals surface area contributed by atoms with Gasteiger partial charge in [-0.3, -0.25) is 4.79 Å². The van der Waals surface area contributed by atoms with Crippen molar-refractivity contribution >= 4 is 21.6 Å². The van der Waals surface area contributed by atoms with E-state index in [2.05, 4.69) is 5.32 Å². The summed E-state index contributed by atoms with van der Waals surface area (Å²) >= 11 is 0. The van der Waals surface area contributed by atoms with Gasteiger partial charge >= 0.3 is 0 Å². The molecule has 1 amide bonds.